The van der Waals surface area contributed by atoms with Gasteiger partial charge in [-0.3, -0.25) is 0 Å². The quantitative estimate of drug-likeness (QED) is 0.900. The molecule has 1 aromatic rings. The molecule has 1 aromatic carbocycles. The highest BCUT2D eigenvalue weighted by atomic mass is 19.1. The fourth-order valence-corrected chi connectivity index (χ4v) is 3.08. The van der Waals surface area contributed by atoms with Gasteiger partial charge in [-0.25, -0.2) is 4.39 Å². The van der Waals surface area contributed by atoms with Gasteiger partial charge in [-0.15, -0.1) is 0 Å². The Morgan fingerprint density at radius 2 is 1.86 bits per heavy atom. The minimum atomic E-state index is -0.137. The largest absolute Gasteiger partial charge is 0.378 e. The van der Waals surface area contributed by atoms with E-state index in [1.165, 1.54) is 5.69 Å². The molecule has 0 unspecified atom stereocenters. The first-order valence-corrected chi connectivity index (χ1v) is 7.87. The van der Waals surface area contributed by atoms with Crippen LogP contribution in [-0.2, 0) is 11.2 Å². The average molecular weight is 293 g/mol. The highest BCUT2D eigenvalue weighted by Gasteiger charge is 2.16. The molecule has 0 spiro atoms. The number of piperazine rings is 1. The molecule has 2 saturated heterocycles. The minimum absolute atomic E-state index is 0.137. The van der Waals surface area contributed by atoms with Crippen molar-refractivity contribution < 1.29 is 9.13 Å². The second kappa shape index (κ2) is 7.20. The number of benzene rings is 1. The van der Waals surface area contributed by atoms with Crippen LogP contribution in [0.4, 0.5) is 10.1 Å². The van der Waals surface area contributed by atoms with Crippen LogP contribution >= 0.6 is 0 Å². The van der Waals surface area contributed by atoms with E-state index in [1.807, 2.05) is 6.07 Å². The second-order valence-corrected chi connectivity index (χ2v) is 5.71. The predicted octanol–water partition coefficient (Wildman–Crippen LogP) is 1.11. The number of anilines is 1. The molecule has 0 saturated carbocycles. The van der Waals surface area contributed by atoms with E-state index in [4.69, 9.17) is 4.74 Å². The lowest BCUT2D eigenvalue weighted by atomic mass is 10.1. The van der Waals surface area contributed by atoms with Crippen molar-refractivity contribution in [2.75, 3.05) is 63.9 Å². The summed E-state index contributed by atoms with van der Waals surface area (Å²) in [5, 5.41) is 3.36. The van der Waals surface area contributed by atoms with E-state index in [0.717, 1.165) is 71.0 Å². The van der Waals surface area contributed by atoms with Gasteiger partial charge in [0, 0.05) is 51.5 Å². The summed E-state index contributed by atoms with van der Waals surface area (Å²) in [4.78, 5) is 4.76. The predicted molar refractivity (Wildman–Crippen MR) is 82.4 cm³/mol. The molecular formula is C16H24FN3O. The summed E-state index contributed by atoms with van der Waals surface area (Å²) in [6, 6.07) is 5.19. The molecule has 2 heterocycles. The summed E-state index contributed by atoms with van der Waals surface area (Å²) in [6.45, 7) is 8.59. The van der Waals surface area contributed by atoms with Gasteiger partial charge >= 0.3 is 0 Å². The maximum atomic E-state index is 13.6. The minimum Gasteiger partial charge on any atom is -0.378 e. The molecule has 2 fully saturated rings. The SMILES string of the molecule is Fc1ccc(N2CCOCC2)c(CCN2CCNCC2)c1. The lowest BCUT2D eigenvalue weighted by molar-refractivity contribution is 0.122. The third-order valence-electron chi connectivity index (χ3n) is 4.30. The molecular weight excluding hydrogens is 269 g/mol. The van der Waals surface area contributed by atoms with Crippen molar-refractivity contribution in [3.8, 4) is 0 Å². The van der Waals surface area contributed by atoms with Crippen molar-refractivity contribution in [3.05, 3.63) is 29.6 Å². The Morgan fingerprint density at radius 1 is 1.10 bits per heavy atom. The molecule has 4 nitrogen and oxygen atoms in total. The molecule has 0 aliphatic carbocycles. The van der Waals surface area contributed by atoms with Crippen LogP contribution in [0.3, 0.4) is 0 Å². The zero-order valence-electron chi connectivity index (χ0n) is 12.5. The van der Waals surface area contributed by atoms with Crippen molar-refractivity contribution in [2.45, 2.75) is 6.42 Å². The third kappa shape index (κ3) is 3.93. The third-order valence-corrected chi connectivity index (χ3v) is 4.30. The second-order valence-electron chi connectivity index (χ2n) is 5.71. The van der Waals surface area contributed by atoms with Gasteiger partial charge in [0.1, 0.15) is 5.82 Å². The first-order chi connectivity index (χ1) is 10.3. The monoisotopic (exact) mass is 293 g/mol. The summed E-state index contributed by atoms with van der Waals surface area (Å²) in [5.41, 5.74) is 2.30. The lowest BCUT2D eigenvalue weighted by Crippen LogP contribution is -2.44. The molecule has 3 rings (SSSR count). The molecule has 2 aliphatic rings. The van der Waals surface area contributed by atoms with E-state index in [1.54, 1.807) is 12.1 Å². The Kier molecular flexibility index (Phi) is 5.06. The van der Waals surface area contributed by atoms with Crippen LogP contribution in [0.5, 0.6) is 0 Å². The maximum Gasteiger partial charge on any atom is 0.123 e. The molecule has 116 valence electrons. The van der Waals surface area contributed by atoms with E-state index < -0.39 is 0 Å². The molecule has 1 N–H and O–H groups in total. The topological polar surface area (TPSA) is 27.7 Å². The van der Waals surface area contributed by atoms with Crippen molar-refractivity contribution in [1.29, 1.82) is 0 Å². The standard InChI is InChI=1S/C16H24FN3O/c17-15-1-2-16(20-9-11-21-12-10-20)14(13-15)3-6-19-7-4-18-5-8-19/h1-2,13,18H,3-12H2. The number of ether oxygens (including phenoxy) is 1. The highest BCUT2D eigenvalue weighted by Crippen LogP contribution is 2.23. The number of halogens is 1. The average Bonchev–Trinajstić information content (AvgIpc) is 2.55. The van der Waals surface area contributed by atoms with Crippen molar-refractivity contribution in [3.63, 3.8) is 0 Å². The van der Waals surface area contributed by atoms with E-state index in [2.05, 4.69) is 15.1 Å². The molecule has 0 aromatic heterocycles. The highest BCUT2D eigenvalue weighted by molar-refractivity contribution is 5.54. The maximum absolute atomic E-state index is 13.6. The fourth-order valence-electron chi connectivity index (χ4n) is 3.08. The van der Waals surface area contributed by atoms with Crippen molar-refractivity contribution in [2.24, 2.45) is 0 Å². The molecule has 5 heteroatoms. The van der Waals surface area contributed by atoms with Crippen molar-refractivity contribution in [1.82, 2.24) is 10.2 Å². The van der Waals surface area contributed by atoms with Crippen LogP contribution in [0, 0.1) is 5.82 Å². The Balaban J connectivity index is 1.68. The van der Waals surface area contributed by atoms with Crippen LogP contribution in [0.1, 0.15) is 5.56 Å². The number of nitrogens with one attached hydrogen (secondary N) is 1. The molecule has 0 atom stereocenters. The van der Waals surface area contributed by atoms with Gasteiger partial charge in [-0.05, 0) is 30.2 Å². The summed E-state index contributed by atoms with van der Waals surface area (Å²) in [7, 11) is 0. The van der Waals surface area contributed by atoms with E-state index in [-0.39, 0.29) is 5.82 Å². The van der Waals surface area contributed by atoms with Crippen LogP contribution in [0.2, 0.25) is 0 Å². The van der Waals surface area contributed by atoms with Crippen molar-refractivity contribution >= 4 is 5.69 Å². The lowest BCUT2D eigenvalue weighted by Gasteiger charge is -2.32. The van der Waals surface area contributed by atoms with Gasteiger partial charge in [0.15, 0.2) is 0 Å². The van der Waals surface area contributed by atoms with Gasteiger partial charge in [0.25, 0.3) is 0 Å². The van der Waals surface area contributed by atoms with Crippen LogP contribution in [-0.4, -0.2) is 63.9 Å². The summed E-state index contributed by atoms with van der Waals surface area (Å²) < 4.78 is 19.0. The molecule has 0 radical (unpaired) electrons. The normalized spacial score (nSPS) is 20.7. The van der Waals surface area contributed by atoms with E-state index >= 15 is 0 Å². The van der Waals surface area contributed by atoms with Gasteiger partial charge < -0.3 is 19.9 Å². The number of rotatable bonds is 4. The Bertz CT molecular complexity index is 457. The summed E-state index contributed by atoms with van der Waals surface area (Å²) in [5.74, 6) is -0.137. The number of morpholine rings is 1. The zero-order valence-corrected chi connectivity index (χ0v) is 12.5. The molecule has 0 amide bonds. The molecule has 21 heavy (non-hydrogen) atoms. The van der Waals surface area contributed by atoms with E-state index in [9.17, 15) is 4.39 Å². The van der Waals surface area contributed by atoms with Crippen LogP contribution < -0.4 is 10.2 Å². The first kappa shape index (κ1) is 14.8. The van der Waals surface area contributed by atoms with Gasteiger partial charge in [-0.2, -0.15) is 0 Å². The summed E-state index contributed by atoms with van der Waals surface area (Å²) in [6.07, 6.45) is 0.907. The van der Waals surface area contributed by atoms with E-state index in [0.29, 0.717) is 0 Å². The van der Waals surface area contributed by atoms with Gasteiger partial charge in [-0.1, -0.05) is 0 Å². The van der Waals surface area contributed by atoms with Crippen LogP contribution in [0.15, 0.2) is 18.2 Å². The van der Waals surface area contributed by atoms with Gasteiger partial charge in [0.2, 0.25) is 0 Å². The Hall–Kier alpha value is -1.17. The number of hydrogen-bond acceptors (Lipinski definition) is 4. The Labute approximate surface area is 125 Å². The molecule has 0 bridgehead atoms. The zero-order chi connectivity index (χ0) is 14.5. The summed E-state index contributed by atoms with van der Waals surface area (Å²) >= 11 is 0. The fraction of sp³-hybridized carbons (Fsp3) is 0.625. The van der Waals surface area contributed by atoms with Crippen LogP contribution in [0.25, 0.3) is 0 Å². The first-order valence-electron chi connectivity index (χ1n) is 7.87. The number of nitrogens with zero attached hydrogens (tertiary/aromatic N) is 2. The number of hydrogen-bond donors (Lipinski definition) is 1. The molecule has 2 aliphatic heterocycles. The Morgan fingerprint density at radius 3 is 2.62 bits per heavy atom. The smallest absolute Gasteiger partial charge is 0.123 e. The van der Waals surface area contributed by atoms with Gasteiger partial charge in [0.05, 0.1) is 13.2 Å².